The van der Waals surface area contributed by atoms with Crippen molar-refractivity contribution in [2.75, 3.05) is 0 Å². The van der Waals surface area contributed by atoms with Gasteiger partial charge in [-0.2, -0.15) is 0 Å². The number of halogens is 20. The SMILES string of the molecule is Fc1c(F)c(F)c([B-](c2c(F)c(F)c(F)c(F)c2F)(c2c(F)c(F)c(F)c(F)c2F)c2c(F)c(F)c(F)c(F)c2F)c(F)c1F.c1c[nH+]ccn1. The van der Waals surface area contributed by atoms with E-state index < -0.39 is 144 Å². The van der Waals surface area contributed by atoms with E-state index in [2.05, 4.69) is 9.97 Å². The number of benzene rings is 4. The summed E-state index contributed by atoms with van der Waals surface area (Å²) in [5, 5.41) is 0. The fourth-order valence-electron chi connectivity index (χ4n) is 5.15. The van der Waals surface area contributed by atoms with Crippen molar-refractivity contribution in [3.63, 3.8) is 0 Å². The first-order valence-corrected chi connectivity index (χ1v) is 12.7. The van der Waals surface area contributed by atoms with Gasteiger partial charge in [-0.1, -0.05) is 0 Å². The predicted molar refractivity (Wildman–Crippen MR) is 130 cm³/mol. The minimum Gasteiger partial charge on any atom is -0.252 e. The smallest absolute Gasteiger partial charge is 0.200 e. The quantitative estimate of drug-likeness (QED) is 0.0995. The molecule has 0 fully saturated rings. The Balaban J connectivity index is 0.000000878. The van der Waals surface area contributed by atoms with E-state index in [9.17, 15) is 52.7 Å². The maximum atomic E-state index is 15.4. The third-order valence-electron chi connectivity index (χ3n) is 7.22. The summed E-state index contributed by atoms with van der Waals surface area (Å²) in [6.07, 6.45) is -0.300. The van der Waals surface area contributed by atoms with Gasteiger partial charge in [0.05, 0.1) is 12.4 Å². The first-order valence-electron chi connectivity index (χ1n) is 12.7. The molecule has 5 rings (SSSR count). The van der Waals surface area contributed by atoms with Crippen LogP contribution in [0.15, 0.2) is 24.8 Å². The topological polar surface area (TPSA) is 27.0 Å². The fraction of sp³-hybridized carbons (Fsp3) is 0. The van der Waals surface area contributed by atoms with Gasteiger partial charge < -0.3 is 0 Å². The summed E-state index contributed by atoms with van der Waals surface area (Å²) in [6, 6.07) is 0. The molecule has 4 aromatic carbocycles. The molecule has 23 heteroatoms. The van der Waals surface area contributed by atoms with Crippen molar-refractivity contribution in [3.05, 3.63) is 141 Å². The normalized spacial score (nSPS) is 11.5. The van der Waals surface area contributed by atoms with Crippen LogP contribution in [0.4, 0.5) is 87.8 Å². The summed E-state index contributed by atoms with van der Waals surface area (Å²) in [7, 11) is 0. The van der Waals surface area contributed by atoms with Crippen molar-refractivity contribution < 1.29 is 92.8 Å². The lowest BCUT2D eigenvalue weighted by molar-refractivity contribution is -0.378. The van der Waals surface area contributed by atoms with Gasteiger partial charge in [0.1, 0.15) is 52.7 Å². The molecule has 0 amide bonds. The highest BCUT2D eigenvalue weighted by atomic mass is 19.2. The maximum Gasteiger partial charge on any atom is 0.200 e. The lowest BCUT2D eigenvalue weighted by Gasteiger charge is -2.44. The Bertz CT molecular complexity index is 1800. The van der Waals surface area contributed by atoms with Gasteiger partial charge in [0.15, 0.2) is 82.2 Å². The van der Waals surface area contributed by atoms with Crippen LogP contribution in [0.5, 0.6) is 0 Å². The Morgan fingerprint density at radius 2 is 0.431 bits per heavy atom. The second-order valence-electron chi connectivity index (χ2n) is 9.75. The molecule has 0 bridgehead atoms. The fourth-order valence-corrected chi connectivity index (χ4v) is 5.15. The molecule has 0 saturated heterocycles. The first kappa shape index (κ1) is 38.4. The summed E-state index contributed by atoms with van der Waals surface area (Å²) < 4.78 is 294. The molecule has 0 aliphatic rings. The van der Waals surface area contributed by atoms with E-state index in [1.807, 2.05) is 0 Å². The number of nitrogens with one attached hydrogen (secondary N) is 1. The summed E-state index contributed by atoms with van der Waals surface area (Å²) in [5.74, 6) is -71.4. The lowest BCUT2D eigenvalue weighted by Crippen LogP contribution is -2.81. The molecule has 5 aromatic rings. The Labute approximate surface area is 267 Å². The Hall–Kier alpha value is -5.38. The van der Waals surface area contributed by atoms with Crippen LogP contribution in [0.2, 0.25) is 0 Å². The van der Waals surface area contributed by atoms with Gasteiger partial charge in [0.2, 0.25) is 0 Å². The summed E-state index contributed by atoms with van der Waals surface area (Å²) in [4.78, 5) is 6.58. The zero-order valence-corrected chi connectivity index (χ0v) is 23.4. The van der Waals surface area contributed by atoms with Crippen LogP contribution in [0, 0.1) is 116 Å². The zero-order chi connectivity index (χ0) is 38.6. The van der Waals surface area contributed by atoms with Crippen molar-refractivity contribution in [1.82, 2.24) is 4.98 Å². The van der Waals surface area contributed by atoms with Crippen molar-refractivity contribution in [2.24, 2.45) is 0 Å². The lowest BCUT2D eigenvalue weighted by atomic mass is 9.12. The third kappa shape index (κ3) is 5.57. The number of hydrogen-bond donors (Lipinski definition) is 0. The first-order chi connectivity index (χ1) is 23.7. The van der Waals surface area contributed by atoms with E-state index in [0.29, 0.717) is 0 Å². The van der Waals surface area contributed by atoms with Gasteiger partial charge >= 0.3 is 0 Å². The Kier molecular flexibility index (Phi) is 10.4. The van der Waals surface area contributed by atoms with Gasteiger partial charge in [-0.3, -0.25) is 4.98 Å². The number of rotatable bonds is 4. The zero-order valence-electron chi connectivity index (χ0n) is 23.4. The second kappa shape index (κ2) is 13.7. The molecule has 0 atom stereocenters. The standard InChI is InChI=1S/C24BF20.C4H4N2/c26-5-1(6(27)14(35)21(42)13(5)34)25(2-7(28)15(36)22(43)16(37)8(2)29,3-9(30)17(38)23(44)18(39)10(3)31)4-11(32)19(40)24(45)20(41)12(4)33;1-2-6-4-3-5-1/h;1-4H/q-1;/p+1. The van der Waals surface area contributed by atoms with Crippen LogP contribution in [-0.4, -0.2) is 11.1 Å². The molecule has 1 N–H and O–H groups in total. The molecular formula is C28H5BF20N2. The molecule has 0 spiro atoms. The van der Waals surface area contributed by atoms with Crippen LogP contribution in [0.3, 0.4) is 0 Å². The summed E-state index contributed by atoms with van der Waals surface area (Å²) >= 11 is 0. The predicted octanol–water partition coefficient (Wildman–Crippen LogP) is 5.74. The van der Waals surface area contributed by atoms with Gasteiger partial charge in [0.25, 0.3) is 0 Å². The van der Waals surface area contributed by atoms with Gasteiger partial charge in [0, 0.05) is 0 Å². The molecule has 270 valence electrons. The highest BCUT2D eigenvalue weighted by Gasteiger charge is 2.52. The monoisotopic (exact) mass is 760 g/mol. The van der Waals surface area contributed by atoms with Crippen molar-refractivity contribution in [3.8, 4) is 0 Å². The molecule has 0 radical (unpaired) electrons. The summed E-state index contributed by atoms with van der Waals surface area (Å²) in [5.41, 5.74) is -14.3. The molecule has 1 aromatic heterocycles. The molecule has 0 unspecified atom stereocenters. The van der Waals surface area contributed by atoms with E-state index in [1.54, 1.807) is 24.8 Å². The van der Waals surface area contributed by atoms with E-state index in [0.717, 1.165) is 0 Å². The highest BCUT2D eigenvalue weighted by molar-refractivity contribution is 7.20. The van der Waals surface area contributed by atoms with E-state index in [4.69, 9.17) is 0 Å². The molecule has 2 nitrogen and oxygen atoms in total. The van der Waals surface area contributed by atoms with E-state index in [-0.39, 0.29) is 0 Å². The Morgan fingerprint density at radius 3 is 0.549 bits per heavy atom. The van der Waals surface area contributed by atoms with E-state index >= 15 is 35.1 Å². The number of H-pyrrole nitrogens is 1. The van der Waals surface area contributed by atoms with Crippen LogP contribution in [-0.2, 0) is 0 Å². The van der Waals surface area contributed by atoms with Crippen LogP contribution < -0.4 is 26.8 Å². The second-order valence-corrected chi connectivity index (χ2v) is 9.75. The van der Waals surface area contributed by atoms with Crippen LogP contribution in [0.1, 0.15) is 0 Å². The van der Waals surface area contributed by atoms with E-state index in [1.165, 1.54) is 0 Å². The van der Waals surface area contributed by atoms with Crippen LogP contribution in [0.25, 0.3) is 0 Å². The van der Waals surface area contributed by atoms with Gasteiger partial charge in [-0.15, -0.1) is 21.9 Å². The molecular weight excluding hydrogens is 755 g/mol. The van der Waals surface area contributed by atoms with Gasteiger partial charge in [-0.25, -0.2) is 92.8 Å². The molecule has 0 saturated carbocycles. The van der Waals surface area contributed by atoms with Crippen molar-refractivity contribution in [1.29, 1.82) is 0 Å². The van der Waals surface area contributed by atoms with Crippen molar-refractivity contribution in [2.45, 2.75) is 0 Å². The molecule has 0 aliphatic heterocycles. The number of nitrogens with zero attached hydrogens (tertiary/aromatic N) is 1. The average Bonchev–Trinajstić information content (AvgIpc) is 3.12. The average molecular weight is 760 g/mol. The maximum absolute atomic E-state index is 15.4. The van der Waals surface area contributed by atoms with Gasteiger partial charge in [-0.05, 0) is 0 Å². The Morgan fingerprint density at radius 1 is 0.275 bits per heavy atom. The summed E-state index contributed by atoms with van der Waals surface area (Å²) in [6.45, 7) is 0. The highest BCUT2D eigenvalue weighted by Crippen LogP contribution is 2.30. The van der Waals surface area contributed by atoms with Crippen LogP contribution >= 0.6 is 0 Å². The minimum absolute atomic E-state index is 1.69. The molecule has 0 aliphatic carbocycles. The largest absolute Gasteiger partial charge is 0.252 e. The number of aromatic amines is 1. The minimum atomic E-state index is -7.22. The van der Waals surface area contributed by atoms with Crippen molar-refractivity contribution >= 4 is 28.0 Å². The number of hydrogen-bond acceptors (Lipinski definition) is 1. The third-order valence-corrected chi connectivity index (χ3v) is 7.22. The molecule has 1 heterocycles. The number of aromatic nitrogens is 2. The molecule has 51 heavy (non-hydrogen) atoms.